The number of alkyl halides is 1. The van der Waals surface area contributed by atoms with Crippen molar-refractivity contribution in [2.45, 2.75) is 11.6 Å². The van der Waals surface area contributed by atoms with Crippen LogP contribution in [0.5, 0.6) is 0 Å². The Morgan fingerprint density at radius 2 is 1.84 bits per heavy atom. The Balaban J connectivity index is 2.26. The summed E-state index contributed by atoms with van der Waals surface area (Å²) in [5.41, 5.74) is 0.545. The number of sulfone groups is 1. The molecular formula is C16H11F3N2O3S. The van der Waals surface area contributed by atoms with Gasteiger partial charge in [0, 0.05) is 24.2 Å². The number of aromatic nitrogens is 2. The zero-order valence-electron chi connectivity index (χ0n) is 12.8. The van der Waals surface area contributed by atoms with Crippen LogP contribution in [0.15, 0.2) is 46.1 Å². The van der Waals surface area contributed by atoms with E-state index in [1.165, 1.54) is 12.4 Å². The zero-order chi connectivity index (χ0) is 18.2. The average molecular weight is 368 g/mol. The maximum Gasteiger partial charge on any atom is 0.181 e. The van der Waals surface area contributed by atoms with E-state index in [0.29, 0.717) is 11.8 Å². The van der Waals surface area contributed by atoms with Gasteiger partial charge in [0.15, 0.2) is 22.3 Å². The molecule has 0 unspecified atom stereocenters. The molecule has 0 saturated carbocycles. The van der Waals surface area contributed by atoms with Crippen molar-refractivity contribution in [1.82, 2.24) is 10.1 Å². The Morgan fingerprint density at radius 1 is 1.16 bits per heavy atom. The highest BCUT2D eigenvalue weighted by Crippen LogP contribution is 2.36. The van der Waals surface area contributed by atoms with E-state index >= 15 is 0 Å². The van der Waals surface area contributed by atoms with Crippen LogP contribution >= 0.6 is 0 Å². The highest BCUT2D eigenvalue weighted by Gasteiger charge is 2.25. The molecule has 0 bridgehead atoms. The van der Waals surface area contributed by atoms with Gasteiger partial charge in [0.05, 0.1) is 5.56 Å². The highest BCUT2D eigenvalue weighted by molar-refractivity contribution is 7.90. The zero-order valence-corrected chi connectivity index (χ0v) is 13.6. The average Bonchev–Trinajstić information content (AvgIpc) is 2.97. The molecule has 9 heteroatoms. The third kappa shape index (κ3) is 3.14. The Morgan fingerprint density at radius 3 is 2.36 bits per heavy atom. The van der Waals surface area contributed by atoms with Crippen molar-refractivity contribution in [2.75, 3.05) is 6.26 Å². The quantitative estimate of drug-likeness (QED) is 0.704. The molecule has 2 aromatic heterocycles. The summed E-state index contributed by atoms with van der Waals surface area (Å²) in [7, 11) is -4.10. The number of nitrogens with zero attached hydrogens (tertiary/aromatic N) is 2. The van der Waals surface area contributed by atoms with Gasteiger partial charge in [-0.15, -0.1) is 0 Å². The van der Waals surface area contributed by atoms with Gasteiger partial charge in [0.25, 0.3) is 0 Å². The van der Waals surface area contributed by atoms with Gasteiger partial charge in [-0.25, -0.2) is 21.6 Å². The summed E-state index contributed by atoms with van der Waals surface area (Å²) in [6.07, 6.45) is 3.64. The fourth-order valence-electron chi connectivity index (χ4n) is 2.47. The number of benzene rings is 1. The van der Waals surface area contributed by atoms with Crippen LogP contribution in [-0.4, -0.2) is 24.8 Å². The smallest absolute Gasteiger partial charge is 0.181 e. The van der Waals surface area contributed by atoms with E-state index in [1.807, 2.05) is 0 Å². The topological polar surface area (TPSA) is 73.1 Å². The van der Waals surface area contributed by atoms with Crippen LogP contribution in [0.25, 0.3) is 22.4 Å². The van der Waals surface area contributed by atoms with Crippen molar-refractivity contribution in [2.24, 2.45) is 0 Å². The number of rotatable bonds is 4. The van der Waals surface area contributed by atoms with Gasteiger partial charge < -0.3 is 4.52 Å². The van der Waals surface area contributed by atoms with Gasteiger partial charge in [0.1, 0.15) is 22.2 Å². The van der Waals surface area contributed by atoms with Crippen molar-refractivity contribution in [3.05, 3.63) is 54.1 Å². The number of hydrogen-bond acceptors (Lipinski definition) is 5. The second-order valence-electron chi connectivity index (χ2n) is 5.25. The summed E-state index contributed by atoms with van der Waals surface area (Å²) in [5, 5.41) is 3.75. The maximum absolute atomic E-state index is 14.2. The van der Waals surface area contributed by atoms with Crippen LogP contribution < -0.4 is 0 Å². The molecule has 3 rings (SSSR count). The van der Waals surface area contributed by atoms with E-state index in [-0.39, 0.29) is 22.6 Å². The van der Waals surface area contributed by atoms with E-state index in [9.17, 15) is 21.6 Å². The van der Waals surface area contributed by atoms with Crippen molar-refractivity contribution >= 4 is 9.84 Å². The molecular weight excluding hydrogens is 357 g/mol. The van der Waals surface area contributed by atoms with Crippen LogP contribution in [0.4, 0.5) is 13.2 Å². The lowest BCUT2D eigenvalue weighted by atomic mass is 10.00. The molecule has 0 N–H and O–H groups in total. The number of halogens is 3. The molecule has 1 aromatic carbocycles. The number of pyridine rings is 1. The van der Waals surface area contributed by atoms with E-state index < -0.39 is 33.0 Å². The van der Waals surface area contributed by atoms with Crippen molar-refractivity contribution in [1.29, 1.82) is 0 Å². The molecule has 0 saturated heterocycles. The molecule has 0 amide bonds. The standard InChI is InChI=1S/C16H11F3N2O3S/c1-25(22,23)16-11(18)5-10(6-12(16)19)14-13(7-17)24-21-15(14)9-3-2-4-20-8-9/h2-6,8H,7H2,1H3. The second-order valence-corrected chi connectivity index (χ2v) is 7.20. The minimum Gasteiger partial charge on any atom is -0.357 e. The first-order valence-electron chi connectivity index (χ1n) is 6.97. The summed E-state index contributed by atoms with van der Waals surface area (Å²) < 4.78 is 69.5. The second kappa shape index (κ2) is 6.32. The maximum atomic E-state index is 14.2. The minimum absolute atomic E-state index is 0.0355. The lowest BCUT2D eigenvalue weighted by molar-refractivity contribution is 0.332. The Bertz CT molecular complexity index is 1010. The predicted octanol–water partition coefficient (Wildman–Crippen LogP) is 3.55. The highest BCUT2D eigenvalue weighted by atomic mass is 32.2. The van der Waals surface area contributed by atoms with Crippen molar-refractivity contribution in [3.8, 4) is 22.4 Å². The fraction of sp³-hybridized carbons (Fsp3) is 0.125. The molecule has 0 spiro atoms. The molecule has 25 heavy (non-hydrogen) atoms. The van der Waals surface area contributed by atoms with Gasteiger partial charge in [-0.3, -0.25) is 4.98 Å². The lowest BCUT2D eigenvalue weighted by Gasteiger charge is -2.08. The molecule has 0 aliphatic heterocycles. The Hall–Kier alpha value is -2.68. The normalized spacial score (nSPS) is 11.7. The molecule has 2 heterocycles. The molecule has 0 atom stereocenters. The predicted molar refractivity (Wildman–Crippen MR) is 83.0 cm³/mol. The van der Waals surface area contributed by atoms with Crippen LogP contribution in [0, 0.1) is 11.6 Å². The van der Waals surface area contributed by atoms with Gasteiger partial charge >= 0.3 is 0 Å². The van der Waals surface area contributed by atoms with E-state index in [1.54, 1.807) is 12.1 Å². The minimum atomic E-state index is -4.10. The largest absolute Gasteiger partial charge is 0.357 e. The van der Waals surface area contributed by atoms with Crippen LogP contribution in [-0.2, 0) is 16.5 Å². The Kier molecular flexibility index (Phi) is 4.34. The molecule has 0 aliphatic rings. The summed E-state index contributed by atoms with van der Waals surface area (Å²) in [6.45, 7) is -1.06. The summed E-state index contributed by atoms with van der Waals surface area (Å²) in [5.74, 6) is -2.79. The first kappa shape index (κ1) is 17.2. The first-order chi connectivity index (χ1) is 11.8. The third-order valence-corrected chi connectivity index (χ3v) is 4.61. The first-order valence-corrected chi connectivity index (χ1v) is 8.86. The molecule has 130 valence electrons. The lowest BCUT2D eigenvalue weighted by Crippen LogP contribution is -2.05. The van der Waals surface area contributed by atoms with Crippen LogP contribution in [0.2, 0.25) is 0 Å². The summed E-state index contributed by atoms with van der Waals surface area (Å²) >= 11 is 0. The van der Waals surface area contributed by atoms with Gasteiger partial charge in [-0.05, 0) is 29.8 Å². The molecule has 0 fully saturated rings. The van der Waals surface area contributed by atoms with Crippen LogP contribution in [0.3, 0.4) is 0 Å². The summed E-state index contributed by atoms with van der Waals surface area (Å²) in [4.78, 5) is 2.87. The van der Waals surface area contributed by atoms with E-state index in [0.717, 1.165) is 12.1 Å². The fourth-order valence-corrected chi connectivity index (χ4v) is 3.30. The van der Waals surface area contributed by atoms with Gasteiger partial charge in [-0.2, -0.15) is 0 Å². The molecule has 5 nitrogen and oxygen atoms in total. The summed E-state index contributed by atoms with van der Waals surface area (Å²) in [6, 6.07) is 4.85. The molecule has 0 aliphatic carbocycles. The van der Waals surface area contributed by atoms with Crippen molar-refractivity contribution < 1.29 is 26.1 Å². The SMILES string of the molecule is CS(=O)(=O)c1c(F)cc(-c2c(-c3cccnc3)noc2CF)cc1F. The monoisotopic (exact) mass is 368 g/mol. The third-order valence-electron chi connectivity index (χ3n) is 3.48. The molecule has 3 aromatic rings. The Labute approximate surface area is 141 Å². The molecule has 0 radical (unpaired) electrons. The van der Waals surface area contributed by atoms with Crippen LogP contribution in [0.1, 0.15) is 5.76 Å². The van der Waals surface area contributed by atoms with Crippen molar-refractivity contribution in [3.63, 3.8) is 0 Å². The number of hydrogen-bond donors (Lipinski definition) is 0. The van der Waals surface area contributed by atoms with E-state index in [2.05, 4.69) is 10.1 Å². The van der Waals surface area contributed by atoms with E-state index in [4.69, 9.17) is 4.52 Å². The van der Waals surface area contributed by atoms with Gasteiger partial charge in [0.2, 0.25) is 0 Å². The van der Waals surface area contributed by atoms with Gasteiger partial charge in [-0.1, -0.05) is 5.16 Å².